The van der Waals surface area contributed by atoms with Crippen molar-refractivity contribution >= 4 is 46.1 Å². The number of para-hydroxylation sites is 2. The lowest BCUT2D eigenvalue weighted by atomic mass is 10.2. The van der Waals surface area contributed by atoms with E-state index in [1.165, 1.54) is 0 Å². The molecule has 7 nitrogen and oxygen atoms in total. The van der Waals surface area contributed by atoms with Crippen LogP contribution in [0.3, 0.4) is 0 Å². The van der Waals surface area contributed by atoms with E-state index in [9.17, 15) is 9.90 Å². The molecule has 0 aliphatic rings. The van der Waals surface area contributed by atoms with Crippen molar-refractivity contribution in [1.29, 1.82) is 0 Å². The van der Waals surface area contributed by atoms with E-state index < -0.39 is 19.3 Å². The first-order valence-electron chi connectivity index (χ1n) is 13.6. The maximum absolute atomic E-state index is 14.2. The molecule has 1 aromatic heterocycles. The van der Waals surface area contributed by atoms with Gasteiger partial charge in [0.2, 0.25) is 17.3 Å². The van der Waals surface area contributed by atoms with E-state index >= 15 is 0 Å². The Kier molecular flexibility index (Phi) is 8.37. The number of aromatic nitrogens is 2. The lowest BCUT2D eigenvalue weighted by molar-refractivity contribution is -0.145. The van der Waals surface area contributed by atoms with Gasteiger partial charge in [0.05, 0.1) is 24.2 Å². The monoisotopic (exact) mass is 566 g/mol. The Balaban J connectivity index is 2.00. The number of imidazole rings is 1. The third-order valence-corrected chi connectivity index (χ3v) is 11.3. The number of anilines is 1. The van der Waals surface area contributed by atoms with Crippen molar-refractivity contribution < 1.29 is 19.4 Å². The number of esters is 1. The van der Waals surface area contributed by atoms with Crippen LogP contribution in [0.15, 0.2) is 127 Å². The van der Waals surface area contributed by atoms with Gasteiger partial charge in [-0.25, -0.2) is 9.78 Å². The normalized spacial score (nSPS) is 12.9. The molecule has 0 fully saturated rings. The number of nitrogen functional groups attached to an aromatic ring is 1. The predicted octanol–water partition coefficient (Wildman–Crippen LogP) is 5.48. The smallest absolute Gasteiger partial charge is 0.337 e. The molecule has 5 rings (SSSR count). The zero-order valence-electron chi connectivity index (χ0n) is 23.1. The minimum Gasteiger partial charge on any atom is -0.478 e. The number of benzene rings is 4. The molecule has 208 valence electrons. The summed E-state index contributed by atoms with van der Waals surface area (Å²) in [6.45, 7) is 3.87. The van der Waals surface area contributed by atoms with E-state index in [0.717, 1.165) is 15.9 Å². The first-order chi connectivity index (χ1) is 20.0. The van der Waals surface area contributed by atoms with E-state index in [1.807, 2.05) is 115 Å². The fourth-order valence-corrected chi connectivity index (χ4v) is 9.89. The van der Waals surface area contributed by atoms with E-state index in [4.69, 9.17) is 15.2 Å². The third kappa shape index (κ3) is 5.05. The number of fused-ring (bicyclic) bond motifs is 1. The number of nitrogens with zero attached hydrogens (tertiary/aromatic N) is 2. The molecule has 0 radical (unpaired) electrons. The van der Waals surface area contributed by atoms with Crippen LogP contribution in [-0.4, -0.2) is 33.8 Å². The van der Waals surface area contributed by atoms with Crippen molar-refractivity contribution in [2.24, 2.45) is 0 Å². The highest BCUT2D eigenvalue weighted by atomic mass is 31.2. The number of nitrogens with two attached hydrogens (primary N) is 1. The number of hydrogen-bond acceptors (Lipinski definition) is 6. The van der Waals surface area contributed by atoms with Crippen molar-refractivity contribution in [3.63, 3.8) is 0 Å². The molecule has 4 aromatic carbocycles. The molecule has 0 bridgehead atoms. The van der Waals surface area contributed by atoms with Crippen LogP contribution >= 0.6 is 7.26 Å². The van der Waals surface area contributed by atoms with Gasteiger partial charge >= 0.3 is 11.9 Å². The van der Waals surface area contributed by atoms with Gasteiger partial charge in [-0.2, -0.15) is 0 Å². The SMILES string of the molecule is CCOC(=O)C(/C(=C(/O)OCC)[P+](c1ccccc1)(c1ccccc1)c1ccccc1)n1c(N)nc2ccccc21. The largest absolute Gasteiger partial charge is 0.478 e. The Labute approximate surface area is 240 Å². The van der Waals surface area contributed by atoms with Crippen molar-refractivity contribution in [2.75, 3.05) is 18.9 Å². The van der Waals surface area contributed by atoms with Gasteiger partial charge in [-0.1, -0.05) is 66.7 Å². The standard InChI is InChI=1S/C33H32N3O4P/c1-3-39-31(37)29(36-28-23-15-14-22-27(28)35-33(36)34)30(32(38)40-4-2)41(24-16-8-5-9-17-24,25-18-10-6-11-19-25)26-20-12-7-13-21-26/h5-23,29H,3-4H2,1-2H3,(H2-,34,35,38)/p+1/b32-30+. The zero-order valence-corrected chi connectivity index (χ0v) is 23.9. The Bertz CT molecular complexity index is 1560. The van der Waals surface area contributed by atoms with Gasteiger partial charge in [0, 0.05) is 0 Å². The van der Waals surface area contributed by atoms with E-state index in [-0.39, 0.29) is 25.1 Å². The topological polar surface area (TPSA) is 99.6 Å². The summed E-state index contributed by atoms with van der Waals surface area (Å²) in [4.78, 5) is 18.8. The van der Waals surface area contributed by atoms with Gasteiger partial charge in [-0.3, -0.25) is 4.57 Å². The highest BCUT2D eigenvalue weighted by molar-refractivity contribution is 7.99. The van der Waals surface area contributed by atoms with E-state index in [0.29, 0.717) is 16.3 Å². The van der Waals surface area contributed by atoms with Crippen LogP contribution < -0.4 is 21.6 Å². The molecule has 1 unspecified atom stereocenters. The molecule has 1 heterocycles. The van der Waals surface area contributed by atoms with Gasteiger partial charge in [-0.15, -0.1) is 0 Å². The molecule has 3 N–H and O–H groups in total. The van der Waals surface area contributed by atoms with Crippen molar-refractivity contribution in [1.82, 2.24) is 9.55 Å². The molecule has 41 heavy (non-hydrogen) atoms. The van der Waals surface area contributed by atoms with Crippen LogP contribution in [0.1, 0.15) is 19.9 Å². The second-order valence-electron chi connectivity index (χ2n) is 9.28. The summed E-state index contributed by atoms with van der Waals surface area (Å²) in [5.41, 5.74) is 7.83. The van der Waals surface area contributed by atoms with E-state index in [2.05, 4.69) is 4.98 Å². The summed E-state index contributed by atoms with van der Waals surface area (Å²) < 4.78 is 13.3. The summed E-state index contributed by atoms with van der Waals surface area (Å²) in [6, 6.07) is 36.1. The minimum atomic E-state index is -3.02. The molecule has 8 heteroatoms. The summed E-state index contributed by atoms with van der Waals surface area (Å²) in [6.07, 6.45) is 0. The van der Waals surface area contributed by atoms with Crippen LogP contribution in [0.25, 0.3) is 11.0 Å². The first kappa shape index (κ1) is 27.9. The van der Waals surface area contributed by atoms with Crippen LogP contribution in [0.2, 0.25) is 0 Å². The van der Waals surface area contributed by atoms with Crippen molar-refractivity contribution in [3.8, 4) is 0 Å². The quantitative estimate of drug-likeness (QED) is 0.132. The minimum absolute atomic E-state index is 0.123. The lowest BCUT2D eigenvalue weighted by Crippen LogP contribution is -2.38. The molecule has 0 amide bonds. The van der Waals surface area contributed by atoms with Crippen LogP contribution in [0.4, 0.5) is 5.95 Å². The number of hydrogen-bond donors (Lipinski definition) is 2. The van der Waals surface area contributed by atoms with Gasteiger partial charge in [0.1, 0.15) is 15.9 Å². The Morgan fingerprint density at radius 1 is 0.780 bits per heavy atom. The van der Waals surface area contributed by atoms with Gasteiger partial charge in [0.15, 0.2) is 7.26 Å². The molecule has 0 spiro atoms. The fraction of sp³-hybridized carbons (Fsp3) is 0.152. The highest BCUT2D eigenvalue weighted by Crippen LogP contribution is 2.66. The van der Waals surface area contributed by atoms with Gasteiger partial charge < -0.3 is 20.3 Å². The Hall–Kier alpha value is -4.61. The molecular weight excluding hydrogens is 533 g/mol. The number of carbonyl (C=O) groups excluding carboxylic acids is 1. The van der Waals surface area contributed by atoms with Crippen LogP contribution in [0.5, 0.6) is 0 Å². The summed E-state index contributed by atoms with van der Waals surface area (Å²) in [5.74, 6) is -0.790. The van der Waals surface area contributed by atoms with Gasteiger partial charge in [0.25, 0.3) is 0 Å². The number of aliphatic hydroxyl groups excluding tert-OH is 1. The third-order valence-electron chi connectivity index (χ3n) is 6.94. The Morgan fingerprint density at radius 2 is 1.24 bits per heavy atom. The Morgan fingerprint density at radius 3 is 1.73 bits per heavy atom. The first-order valence-corrected chi connectivity index (χ1v) is 15.3. The average Bonchev–Trinajstić information content (AvgIpc) is 3.34. The second-order valence-corrected chi connectivity index (χ2v) is 12.7. The van der Waals surface area contributed by atoms with Gasteiger partial charge in [-0.05, 0) is 62.4 Å². The molecule has 0 aliphatic heterocycles. The van der Waals surface area contributed by atoms with E-state index in [1.54, 1.807) is 18.4 Å². The molecular formula is C33H33N3O4P+. The second kappa shape index (κ2) is 12.3. The number of ether oxygens (including phenoxy) is 2. The van der Waals surface area contributed by atoms with Crippen molar-refractivity contribution in [2.45, 2.75) is 19.9 Å². The molecule has 5 aromatic rings. The van der Waals surface area contributed by atoms with Crippen LogP contribution in [-0.2, 0) is 14.3 Å². The summed E-state index contributed by atoms with van der Waals surface area (Å²) >= 11 is 0. The van der Waals surface area contributed by atoms with Crippen molar-refractivity contribution in [3.05, 3.63) is 127 Å². The maximum atomic E-state index is 14.2. The lowest BCUT2D eigenvalue weighted by Gasteiger charge is -2.33. The maximum Gasteiger partial charge on any atom is 0.337 e. The fourth-order valence-electron chi connectivity index (χ4n) is 5.37. The van der Waals surface area contributed by atoms with Crippen LogP contribution in [0, 0.1) is 0 Å². The molecule has 1 atom stereocenters. The number of rotatable bonds is 10. The highest BCUT2D eigenvalue weighted by Gasteiger charge is 2.58. The summed E-state index contributed by atoms with van der Waals surface area (Å²) in [7, 11) is -3.02. The average molecular weight is 567 g/mol. The molecule has 0 saturated carbocycles. The summed E-state index contributed by atoms with van der Waals surface area (Å²) in [5, 5.41) is 15.1. The molecule has 0 saturated heterocycles. The zero-order chi connectivity index (χ0) is 28.8. The molecule has 0 aliphatic carbocycles. The predicted molar refractivity (Wildman–Crippen MR) is 166 cm³/mol. The number of aliphatic hydroxyl groups is 1. The number of carbonyl (C=O) groups is 1.